The van der Waals surface area contributed by atoms with Crippen molar-refractivity contribution in [1.29, 1.82) is 0 Å². The second-order valence-electron chi connectivity index (χ2n) is 5.11. The van der Waals surface area contributed by atoms with Crippen LogP contribution in [0.2, 0.25) is 5.02 Å². The summed E-state index contributed by atoms with van der Waals surface area (Å²) in [5.41, 5.74) is 0.926. The Bertz CT molecular complexity index is 475. The molecule has 0 spiro atoms. The molecule has 1 aliphatic heterocycles. The van der Waals surface area contributed by atoms with Crippen LogP contribution in [-0.4, -0.2) is 35.5 Å². The molecule has 0 aliphatic carbocycles. The number of rotatable bonds is 5. The van der Waals surface area contributed by atoms with Crippen LogP contribution in [0.25, 0.3) is 0 Å². The molecule has 1 aliphatic rings. The van der Waals surface area contributed by atoms with E-state index in [1.807, 2.05) is 6.07 Å². The van der Waals surface area contributed by atoms with Gasteiger partial charge in [0.1, 0.15) is 5.02 Å². The van der Waals surface area contributed by atoms with Crippen LogP contribution in [0, 0.1) is 10.1 Å². The average Bonchev–Trinajstić information content (AvgIpc) is 2.47. The number of nitrogens with one attached hydrogen (secondary N) is 1. The molecule has 1 aromatic carbocycles. The zero-order valence-electron chi connectivity index (χ0n) is 11.6. The van der Waals surface area contributed by atoms with Crippen molar-refractivity contribution in [3.8, 4) is 0 Å². The first-order chi connectivity index (χ1) is 9.61. The van der Waals surface area contributed by atoms with Crippen molar-refractivity contribution in [3.63, 3.8) is 0 Å². The molecule has 1 saturated heterocycles. The van der Waals surface area contributed by atoms with Crippen molar-refractivity contribution in [2.45, 2.75) is 32.4 Å². The molecule has 0 bridgehead atoms. The Morgan fingerprint density at radius 2 is 2.35 bits per heavy atom. The second-order valence-corrected chi connectivity index (χ2v) is 5.51. The quantitative estimate of drug-likeness (QED) is 0.671. The van der Waals surface area contributed by atoms with Crippen LogP contribution in [0.15, 0.2) is 18.2 Å². The van der Waals surface area contributed by atoms with Gasteiger partial charge in [-0.15, -0.1) is 0 Å². The molecule has 0 aromatic heterocycles. The van der Waals surface area contributed by atoms with Gasteiger partial charge in [-0.3, -0.25) is 15.0 Å². The van der Waals surface area contributed by atoms with E-state index in [2.05, 4.69) is 17.1 Å². The number of benzene rings is 1. The molecule has 5 nitrogen and oxygen atoms in total. The van der Waals surface area contributed by atoms with E-state index < -0.39 is 4.92 Å². The fourth-order valence-electron chi connectivity index (χ4n) is 2.68. The molecular formula is C14H20ClN3O2. The lowest BCUT2D eigenvalue weighted by Crippen LogP contribution is -2.45. The van der Waals surface area contributed by atoms with E-state index in [4.69, 9.17) is 11.6 Å². The number of nitrogens with zero attached hydrogens (tertiary/aromatic N) is 2. The van der Waals surface area contributed by atoms with Crippen molar-refractivity contribution < 1.29 is 4.92 Å². The monoisotopic (exact) mass is 297 g/mol. The summed E-state index contributed by atoms with van der Waals surface area (Å²) in [6.45, 7) is 5.85. The molecule has 6 heteroatoms. The van der Waals surface area contributed by atoms with Crippen LogP contribution in [0.1, 0.15) is 25.3 Å². The third-order valence-electron chi connectivity index (χ3n) is 3.79. The minimum Gasteiger partial charge on any atom is -0.315 e. The molecular weight excluding hydrogens is 278 g/mol. The highest BCUT2D eigenvalue weighted by atomic mass is 35.5. The molecule has 1 fully saturated rings. The number of nitro groups is 1. The predicted molar refractivity (Wildman–Crippen MR) is 80.1 cm³/mol. The van der Waals surface area contributed by atoms with Gasteiger partial charge in [0.2, 0.25) is 0 Å². The lowest BCUT2D eigenvalue weighted by Gasteiger charge is -2.33. The van der Waals surface area contributed by atoms with Crippen LogP contribution < -0.4 is 5.32 Å². The number of likely N-dealkylation sites (N-methyl/N-ethyl adjacent to an activating group) is 1. The first-order valence-electron chi connectivity index (χ1n) is 6.99. The molecule has 1 heterocycles. The van der Waals surface area contributed by atoms with E-state index in [0.717, 1.165) is 31.7 Å². The predicted octanol–water partition coefficient (Wildman–Crippen LogP) is 2.82. The molecule has 0 radical (unpaired) electrons. The van der Waals surface area contributed by atoms with Gasteiger partial charge in [0.25, 0.3) is 5.69 Å². The van der Waals surface area contributed by atoms with Crippen LogP contribution >= 0.6 is 11.6 Å². The van der Waals surface area contributed by atoms with Crippen LogP contribution in [0.5, 0.6) is 0 Å². The maximum absolute atomic E-state index is 10.9. The highest BCUT2D eigenvalue weighted by molar-refractivity contribution is 6.32. The third-order valence-corrected chi connectivity index (χ3v) is 4.11. The standard InChI is InChI=1S/C14H20ClN3O2/c1-2-17(12-4-3-7-16-9-12)10-11-5-6-13(15)14(8-11)18(19)20/h5-6,8,12,16H,2-4,7,9-10H2,1H3. The SMILES string of the molecule is CCN(Cc1ccc(Cl)c([N+](=O)[O-])c1)C1CCCNC1. The summed E-state index contributed by atoms with van der Waals surface area (Å²) in [6, 6.07) is 5.57. The Morgan fingerprint density at radius 3 is 2.95 bits per heavy atom. The first kappa shape index (κ1) is 15.2. The summed E-state index contributed by atoms with van der Waals surface area (Å²) in [6.07, 6.45) is 2.36. The van der Waals surface area contributed by atoms with Gasteiger partial charge < -0.3 is 5.32 Å². The summed E-state index contributed by atoms with van der Waals surface area (Å²) >= 11 is 5.85. The lowest BCUT2D eigenvalue weighted by molar-refractivity contribution is -0.384. The van der Waals surface area contributed by atoms with Crippen molar-refractivity contribution in [2.24, 2.45) is 0 Å². The summed E-state index contributed by atoms with van der Waals surface area (Å²) in [7, 11) is 0. The van der Waals surface area contributed by atoms with Crippen LogP contribution in [0.3, 0.4) is 0 Å². The Kier molecular flexibility index (Phi) is 5.34. The largest absolute Gasteiger partial charge is 0.315 e. The van der Waals surface area contributed by atoms with Gasteiger partial charge in [-0.25, -0.2) is 0 Å². The Morgan fingerprint density at radius 1 is 1.55 bits per heavy atom. The maximum Gasteiger partial charge on any atom is 0.288 e. The van der Waals surface area contributed by atoms with Crippen molar-refractivity contribution >= 4 is 17.3 Å². The zero-order valence-corrected chi connectivity index (χ0v) is 12.4. The van der Waals surface area contributed by atoms with Crippen LogP contribution in [-0.2, 0) is 6.54 Å². The minimum absolute atomic E-state index is 0.0120. The maximum atomic E-state index is 10.9. The van der Waals surface area contributed by atoms with Gasteiger partial charge in [-0.05, 0) is 37.6 Å². The highest BCUT2D eigenvalue weighted by Crippen LogP contribution is 2.26. The number of halogens is 1. The fraction of sp³-hybridized carbons (Fsp3) is 0.571. The van der Waals surface area contributed by atoms with Gasteiger partial charge in [-0.2, -0.15) is 0 Å². The lowest BCUT2D eigenvalue weighted by atomic mass is 10.0. The van der Waals surface area contributed by atoms with Crippen molar-refractivity contribution in [2.75, 3.05) is 19.6 Å². The second kappa shape index (κ2) is 7.02. The molecule has 2 rings (SSSR count). The minimum atomic E-state index is -0.426. The van der Waals surface area contributed by atoms with Crippen molar-refractivity contribution in [1.82, 2.24) is 10.2 Å². The summed E-state index contributed by atoms with van der Waals surface area (Å²) in [5.74, 6) is 0. The molecule has 110 valence electrons. The number of hydrogen-bond donors (Lipinski definition) is 1. The molecule has 1 unspecified atom stereocenters. The van der Waals surface area contributed by atoms with Gasteiger partial charge in [0.15, 0.2) is 0 Å². The number of nitro benzene ring substituents is 1. The van der Waals surface area contributed by atoms with E-state index in [1.165, 1.54) is 12.8 Å². The Hall–Kier alpha value is -1.17. The van der Waals surface area contributed by atoms with Gasteiger partial charge >= 0.3 is 0 Å². The van der Waals surface area contributed by atoms with Gasteiger partial charge in [-0.1, -0.05) is 24.6 Å². The van der Waals surface area contributed by atoms with Gasteiger partial charge in [0.05, 0.1) is 4.92 Å². The zero-order chi connectivity index (χ0) is 14.5. The van der Waals surface area contributed by atoms with Crippen molar-refractivity contribution in [3.05, 3.63) is 38.9 Å². The van der Waals surface area contributed by atoms with E-state index >= 15 is 0 Å². The Labute approximate surface area is 124 Å². The number of piperidine rings is 1. The van der Waals surface area contributed by atoms with Crippen LogP contribution in [0.4, 0.5) is 5.69 Å². The summed E-state index contributed by atoms with van der Waals surface area (Å²) < 4.78 is 0. The molecule has 20 heavy (non-hydrogen) atoms. The smallest absolute Gasteiger partial charge is 0.288 e. The third kappa shape index (κ3) is 3.69. The van der Waals surface area contributed by atoms with E-state index in [9.17, 15) is 10.1 Å². The van der Waals surface area contributed by atoms with E-state index in [0.29, 0.717) is 6.04 Å². The first-order valence-corrected chi connectivity index (χ1v) is 7.37. The highest BCUT2D eigenvalue weighted by Gasteiger charge is 2.21. The molecule has 1 atom stereocenters. The normalized spacial score (nSPS) is 19.2. The fourth-order valence-corrected chi connectivity index (χ4v) is 2.86. The van der Waals surface area contributed by atoms with Gasteiger partial charge in [0, 0.05) is 25.2 Å². The molecule has 1 aromatic rings. The Balaban J connectivity index is 2.10. The van der Waals surface area contributed by atoms with E-state index in [-0.39, 0.29) is 10.7 Å². The van der Waals surface area contributed by atoms with E-state index in [1.54, 1.807) is 12.1 Å². The summed E-state index contributed by atoms with van der Waals surface area (Å²) in [4.78, 5) is 12.9. The molecule has 0 amide bonds. The number of hydrogen-bond acceptors (Lipinski definition) is 4. The molecule has 0 saturated carbocycles. The topological polar surface area (TPSA) is 58.4 Å². The average molecular weight is 298 g/mol. The summed E-state index contributed by atoms with van der Waals surface area (Å²) in [5, 5.41) is 14.5. The molecule has 1 N–H and O–H groups in total.